The third-order valence-electron chi connectivity index (χ3n) is 3.54. The van der Waals surface area contributed by atoms with Crippen LogP contribution in [-0.4, -0.2) is 38.5 Å². The van der Waals surface area contributed by atoms with Crippen LogP contribution in [0.1, 0.15) is 15.9 Å². The van der Waals surface area contributed by atoms with Crippen LogP contribution in [0.4, 0.5) is 14.5 Å². The first-order valence-corrected chi connectivity index (χ1v) is 9.26. The van der Waals surface area contributed by atoms with E-state index >= 15 is 0 Å². The van der Waals surface area contributed by atoms with Gasteiger partial charge in [0.15, 0.2) is 11.5 Å². The molecule has 0 spiro atoms. The highest BCUT2D eigenvalue weighted by Crippen LogP contribution is 2.30. The molecule has 1 amide bonds. The van der Waals surface area contributed by atoms with Gasteiger partial charge in [0.25, 0.3) is 0 Å². The Hall–Kier alpha value is -2.81. The number of hydrogen-bond donors (Lipinski definition) is 1. The first-order chi connectivity index (χ1) is 13.4. The fourth-order valence-corrected chi connectivity index (χ4v) is 3.04. The molecule has 0 bridgehead atoms. The number of benzene rings is 2. The predicted octanol–water partition coefficient (Wildman–Crippen LogP) is 3.96. The lowest BCUT2D eigenvalue weighted by Gasteiger charge is -2.11. The van der Waals surface area contributed by atoms with E-state index in [1.807, 2.05) is 0 Å². The lowest BCUT2D eigenvalue weighted by molar-refractivity contribution is -0.113. The van der Waals surface area contributed by atoms with Crippen molar-refractivity contribution in [3.8, 4) is 11.5 Å². The molecule has 2 aromatic carbocycles. The average molecular weight is 411 g/mol. The van der Waals surface area contributed by atoms with E-state index in [2.05, 4.69) is 14.8 Å². The van der Waals surface area contributed by atoms with Crippen LogP contribution in [0.2, 0.25) is 0 Å². The molecule has 0 aromatic heterocycles. The van der Waals surface area contributed by atoms with Crippen molar-refractivity contribution in [1.29, 1.82) is 0 Å². The van der Waals surface area contributed by atoms with E-state index in [-0.39, 0.29) is 23.2 Å². The number of amides is 1. The number of halogens is 2. The van der Waals surface area contributed by atoms with Crippen molar-refractivity contribution in [2.45, 2.75) is 12.4 Å². The zero-order valence-corrected chi connectivity index (χ0v) is 16.1. The molecule has 28 heavy (non-hydrogen) atoms. The summed E-state index contributed by atoms with van der Waals surface area (Å²) in [5.74, 6) is 0.179. The Morgan fingerprint density at radius 2 is 1.79 bits per heavy atom. The summed E-state index contributed by atoms with van der Waals surface area (Å²) >= 11 is 1.35. The molecule has 0 unspecified atom stereocenters. The van der Waals surface area contributed by atoms with E-state index < -0.39 is 12.6 Å². The van der Waals surface area contributed by atoms with Crippen LogP contribution in [0.25, 0.3) is 0 Å². The molecule has 150 valence electrons. The fraction of sp³-hybridized carbons (Fsp3) is 0.263. The number of nitrogens with one attached hydrogen (secondary N) is 1. The van der Waals surface area contributed by atoms with Crippen LogP contribution >= 0.6 is 11.8 Å². The first-order valence-electron chi connectivity index (χ1n) is 8.10. The van der Waals surface area contributed by atoms with Crippen molar-refractivity contribution in [3.63, 3.8) is 0 Å². The second-order valence-corrected chi connectivity index (χ2v) is 6.46. The summed E-state index contributed by atoms with van der Waals surface area (Å²) in [5, 5.41) is 2.73. The molecule has 6 nitrogen and oxygen atoms in total. The maximum Gasteiger partial charge on any atom is 0.387 e. The van der Waals surface area contributed by atoms with Gasteiger partial charge in [-0.2, -0.15) is 8.78 Å². The van der Waals surface area contributed by atoms with Gasteiger partial charge in [0.1, 0.15) is 0 Å². The zero-order chi connectivity index (χ0) is 20.5. The van der Waals surface area contributed by atoms with Crippen LogP contribution < -0.4 is 14.8 Å². The van der Waals surface area contributed by atoms with Gasteiger partial charge in [0, 0.05) is 11.4 Å². The number of rotatable bonds is 9. The average Bonchev–Trinajstić information content (AvgIpc) is 2.68. The summed E-state index contributed by atoms with van der Waals surface area (Å²) in [6.07, 6.45) is 0. The standard InChI is InChI=1S/C19H19F2NO5S/c1-25-16-9-12(3-8-15(16)27-19(20)21)10-28-11-17(23)22-14-6-4-13(5-7-14)18(24)26-2/h3-9,19H,10-11H2,1-2H3,(H,22,23). The molecular weight excluding hydrogens is 392 g/mol. The molecular formula is C19H19F2NO5S. The Morgan fingerprint density at radius 3 is 2.39 bits per heavy atom. The summed E-state index contributed by atoms with van der Waals surface area (Å²) in [6, 6.07) is 11.0. The number of carbonyl (C=O) groups excluding carboxylic acids is 2. The van der Waals surface area contributed by atoms with Gasteiger partial charge < -0.3 is 19.5 Å². The smallest absolute Gasteiger partial charge is 0.387 e. The molecule has 9 heteroatoms. The van der Waals surface area contributed by atoms with Crippen molar-refractivity contribution in [3.05, 3.63) is 53.6 Å². The minimum absolute atomic E-state index is 0.0422. The topological polar surface area (TPSA) is 73.9 Å². The third kappa shape index (κ3) is 6.41. The second kappa shape index (κ2) is 10.5. The van der Waals surface area contributed by atoms with Gasteiger partial charge >= 0.3 is 12.6 Å². The number of anilines is 1. The quantitative estimate of drug-likeness (QED) is 0.630. The van der Waals surface area contributed by atoms with Gasteiger partial charge in [0.2, 0.25) is 5.91 Å². The molecule has 2 aromatic rings. The largest absolute Gasteiger partial charge is 0.493 e. The molecule has 0 aliphatic rings. The van der Waals surface area contributed by atoms with Crippen LogP contribution in [0.15, 0.2) is 42.5 Å². The first kappa shape index (κ1) is 21.5. The molecule has 0 heterocycles. The van der Waals surface area contributed by atoms with Crippen molar-refractivity contribution < 1.29 is 32.6 Å². The molecule has 0 aliphatic heterocycles. The van der Waals surface area contributed by atoms with E-state index in [0.717, 1.165) is 5.56 Å². The number of carbonyl (C=O) groups is 2. The Balaban J connectivity index is 1.84. The van der Waals surface area contributed by atoms with E-state index in [1.165, 1.54) is 32.0 Å². The summed E-state index contributed by atoms with van der Waals surface area (Å²) in [7, 11) is 2.66. The summed E-state index contributed by atoms with van der Waals surface area (Å²) in [6.45, 7) is -2.93. The van der Waals surface area contributed by atoms with E-state index in [4.69, 9.17) is 4.74 Å². The molecule has 0 aliphatic carbocycles. The van der Waals surface area contributed by atoms with Gasteiger partial charge in [-0.1, -0.05) is 6.07 Å². The molecule has 0 fully saturated rings. The van der Waals surface area contributed by atoms with E-state index in [1.54, 1.807) is 36.4 Å². The second-order valence-electron chi connectivity index (χ2n) is 5.47. The van der Waals surface area contributed by atoms with Gasteiger partial charge in [-0.25, -0.2) is 4.79 Å². The van der Waals surface area contributed by atoms with Gasteiger partial charge in [-0.05, 0) is 42.0 Å². The normalized spacial score (nSPS) is 10.5. The summed E-state index contributed by atoms with van der Waals surface area (Å²) < 4.78 is 38.7. The predicted molar refractivity (Wildman–Crippen MR) is 102 cm³/mol. The number of hydrogen-bond acceptors (Lipinski definition) is 6. The maximum absolute atomic E-state index is 12.3. The van der Waals surface area contributed by atoms with E-state index in [9.17, 15) is 18.4 Å². The lowest BCUT2D eigenvalue weighted by Crippen LogP contribution is -2.14. The minimum Gasteiger partial charge on any atom is -0.493 e. The maximum atomic E-state index is 12.3. The highest BCUT2D eigenvalue weighted by molar-refractivity contribution is 7.99. The molecule has 0 radical (unpaired) electrons. The number of thioether (sulfide) groups is 1. The van der Waals surface area contributed by atoms with Crippen molar-refractivity contribution in [1.82, 2.24) is 0 Å². The third-order valence-corrected chi connectivity index (χ3v) is 4.54. The number of methoxy groups -OCH3 is 2. The SMILES string of the molecule is COC(=O)c1ccc(NC(=O)CSCc2ccc(OC(F)F)c(OC)c2)cc1. The zero-order valence-electron chi connectivity index (χ0n) is 15.2. The lowest BCUT2D eigenvalue weighted by atomic mass is 10.2. The molecule has 2 rings (SSSR count). The van der Waals surface area contributed by atoms with Gasteiger partial charge in [0.05, 0.1) is 25.5 Å². The van der Waals surface area contributed by atoms with Crippen molar-refractivity contribution >= 4 is 29.3 Å². The van der Waals surface area contributed by atoms with Gasteiger partial charge in [-0.3, -0.25) is 4.79 Å². The van der Waals surface area contributed by atoms with Crippen molar-refractivity contribution in [2.24, 2.45) is 0 Å². The highest BCUT2D eigenvalue weighted by atomic mass is 32.2. The summed E-state index contributed by atoms with van der Waals surface area (Å²) in [4.78, 5) is 23.4. The monoisotopic (exact) mass is 411 g/mol. The Morgan fingerprint density at radius 1 is 1.07 bits per heavy atom. The van der Waals surface area contributed by atoms with Crippen LogP contribution in [0, 0.1) is 0 Å². The summed E-state index contributed by atoms with van der Waals surface area (Å²) in [5.41, 5.74) is 1.76. The van der Waals surface area contributed by atoms with Gasteiger partial charge in [-0.15, -0.1) is 11.8 Å². The molecule has 0 saturated heterocycles. The number of ether oxygens (including phenoxy) is 3. The molecule has 1 N–H and O–H groups in total. The number of esters is 1. The van der Waals surface area contributed by atoms with Crippen LogP contribution in [-0.2, 0) is 15.3 Å². The fourth-order valence-electron chi connectivity index (χ4n) is 2.26. The molecule has 0 saturated carbocycles. The van der Waals surface area contributed by atoms with Crippen molar-refractivity contribution in [2.75, 3.05) is 25.3 Å². The Bertz CT molecular complexity index is 814. The molecule has 0 atom stereocenters. The van der Waals surface area contributed by atoms with Crippen LogP contribution in [0.5, 0.6) is 11.5 Å². The van der Waals surface area contributed by atoms with Crippen LogP contribution in [0.3, 0.4) is 0 Å². The number of alkyl halides is 2. The minimum atomic E-state index is -2.93. The highest BCUT2D eigenvalue weighted by Gasteiger charge is 2.12. The Kier molecular flexibility index (Phi) is 8.06. The van der Waals surface area contributed by atoms with E-state index in [0.29, 0.717) is 17.0 Å². The Labute approximate surface area is 165 Å².